The Balaban J connectivity index is 0.00000289. The van der Waals surface area contributed by atoms with Gasteiger partial charge in [-0.1, -0.05) is 6.42 Å². The van der Waals surface area contributed by atoms with Crippen molar-refractivity contribution in [3.8, 4) is 0 Å². The number of aliphatic imine (C=N–C) groups is 1. The van der Waals surface area contributed by atoms with Gasteiger partial charge in [0.25, 0.3) is 0 Å². The Bertz CT molecular complexity index is 243. The Hall–Kier alpha value is -0.0400. The van der Waals surface area contributed by atoms with E-state index in [9.17, 15) is 0 Å². The molecule has 0 spiro atoms. The van der Waals surface area contributed by atoms with Crippen molar-refractivity contribution < 1.29 is 0 Å². The molecule has 1 heterocycles. The van der Waals surface area contributed by atoms with Crippen molar-refractivity contribution in [3.05, 3.63) is 0 Å². The summed E-state index contributed by atoms with van der Waals surface area (Å²) in [6.07, 6.45) is 4.09. The molecule has 1 unspecified atom stereocenters. The number of piperidine rings is 1. The summed E-state index contributed by atoms with van der Waals surface area (Å²) in [4.78, 5) is 6.77. The second-order valence-corrected chi connectivity index (χ2v) is 5.18. The van der Waals surface area contributed by atoms with Gasteiger partial charge in [-0.15, -0.1) is 24.0 Å². The van der Waals surface area contributed by atoms with Crippen LogP contribution in [0.2, 0.25) is 0 Å². The first-order chi connectivity index (χ1) is 8.13. The highest BCUT2D eigenvalue weighted by molar-refractivity contribution is 14.0. The largest absolute Gasteiger partial charge is 0.355 e. The SMILES string of the molecule is CN=C(NCCN1CCCCC1C)NC(C)C.I. The van der Waals surface area contributed by atoms with E-state index < -0.39 is 0 Å². The van der Waals surface area contributed by atoms with Crippen LogP contribution < -0.4 is 10.6 Å². The van der Waals surface area contributed by atoms with Gasteiger partial charge in [-0.3, -0.25) is 9.89 Å². The van der Waals surface area contributed by atoms with Crippen LogP contribution in [-0.4, -0.2) is 49.6 Å². The summed E-state index contributed by atoms with van der Waals surface area (Å²) in [6.45, 7) is 9.91. The first-order valence-corrected chi connectivity index (χ1v) is 6.84. The van der Waals surface area contributed by atoms with Gasteiger partial charge in [0.1, 0.15) is 0 Å². The number of nitrogens with one attached hydrogen (secondary N) is 2. The van der Waals surface area contributed by atoms with E-state index in [1.54, 1.807) is 0 Å². The molecular formula is C13H29IN4. The second kappa shape index (κ2) is 9.83. The third kappa shape index (κ3) is 6.78. The molecule has 0 aromatic heterocycles. The zero-order chi connectivity index (χ0) is 12.7. The average Bonchev–Trinajstić information content (AvgIpc) is 2.29. The number of guanidine groups is 1. The zero-order valence-electron chi connectivity index (χ0n) is 12.2. The molecule has 1 aliphatic rings. The van der Waals surface area contributed by atoms with E-state index in [0.29, 0.717) is 6.04 Å². The number of halogens is 1. The fraction of sp³-hybridized carbons (Fsp3) is 0.923. The lowest BCUT2D eigenvalue weighted by Gasteiger charge is -2.33. The van der Waals surface area contributed by atoms with E-state index >= 15 is 0 Å². The third-order valence-electron chi connectivity index (χ3n) is 3.28. The Kier molecular flexibility index (Phi) is 9.81. The number of likely N-dealkylation sites (tertiary alicyclic amines) is 1. The van der Waals surface area contributed by atoms with Crippen LogP contribution in [0.15, 0.2) is 4.99 Å². The van der Waals surface area contributed by atoms with Crippen molar-refractivity contribution in [3.63, 3.8) is 0 Å². The Morgan fingerprint density at radius 2 is 2.11 bits per heavy atom. The third-order valence-corrected chi connectivity index (χ3v) is 3.28. The number of rotatable bonds is 4. The highest BCUT2D eigenvalue weighted by Crippen LogP contribution is 2.15. The van der Waals surface area contributed by atoms with E-state index in [2.05, 4.69) is 41.3 Å². The maximum atomic E-state index is 4.21. The molecule has 1 rings (SSSR count). The van der Waals surface area contributed by atoms with Gasteiger partial charge in [-0.2, -0.15) is 0 Å². The van der Waals surface area contributed by atoms with E-state index in [-0.39, 0.29) is 24.0 Å². The van der Waals surface area contributed by atoms with Gasteiger partial charge in [0, 0.05) is 32.2 Å². The van der Waals surface area contributed by atoms with E-state index in [1.165, 1.54) is 25.8 Å². The molecule has 1 atom stereocenters. The average molecular weight is 368 g/mol. The van der Waals surface area contributed by atoms with Crippen molar-refractivity contribution >= 4 is 29.9 Å². The van der Waals surface area contributed by atoms with Crippen LogP contribution in [0.1, 0.15) is 40.0 Å². The van der Waals surface area contributed by atoms with Gasteiger partial charge in [0.15, 0.2) is 5.96 Å². The standard InChI is InChI=1S/C13H28N4.HI/c1-11(2)16-13(14-4)15-8-10-17-9-6-5-7-12(17)3;/h11-12H,5-10H2,1-4H3,(H2,14,15,16);1H. The predicted octanol–water partition coefficient (Wildman–Crippen LogP) is 2.05. The van der Waals surface area contributed by atoms with Crippen molar-refractivity contribution in [2.75, 3.05) is 26.7 Å². The Morgan fingerprint density at radius 3 is 2.67 bits per heavy atom. The molecule has 0 aromatic rings. The Labute approximate surface area is 129 Å². The fourth-order valence-electron chi connectivity index (χ4n) is 2.28. The molecule has 108 valence electrons. The molecule has 2 N–H and O–H groups in total. The number of hydrogen-bond acceptors (Lipinski definition) is 2. The zero-order valence-corrected chi connectivity index (χ0v) is 14.5. The van der Waals surface area contributed by atoms with Gasteiger partial charge in [-0.25, -0.2) is 0 Å². The van der Waals surface area contributed by atoms with Gasteiger partial charge in [0.2, 0.25) is 0 Å². The molecule has 1 saturated heterocycles. The molecule has 0 bridgehead atoms. The lowest BCUT2D eigenvalue weighted by molar-refractivity contribution is 0.163. The van der Waals surface area contributed by atoms with Gasteiger partial charge in [-0.05, 0) is 40.2 Å². The first kappa shape index (κ1) is 18.0. The van der Waals surface area contributed by atoms with Crippen molar-refractivity contribution in [2.24, 2.45) is 4.99 Å². The minimum Gasteiger partial charge on any atom is -0.355 e. The molecule has 18 heavy (non-hydrogen) atoms. The summed E-state index contributed by atoms with van der Waals surface area (Å²) in [5.41, 5.74) is 0. The number of nitrogens with zero attached hydrogens (tertiary/aromatic N) is 2. The Morgan fingerprint density at radius 1 is 1.39 bits per heavy atom. The smallest absolute Gasteiger partial charge is 0.191 e. The molecule has 0 aliphatic carbocycles. The van der Waals surface area contributed by atoms with E-state index in [0.717, 1.165) is 25.1 Å². The van der Waals surface area contributed by atoms with E-state index in [4.69, 9.17) is 0 Å². The maximum absolute atomic E-state index is 4.21. The van der Waals surface area contributed by atoms with Crippen LogP contribution in [0.3, 0.4) is 0 Å². The minimum atomic E-state index is 0. The molecule has 4 nitrogen and oxygen atoms in total. The maximum Gasteiger partial charge on any atom is 0.191 e. The molecule has 0 amide bonds. The van der Waals surface area contributed by atoms with Crippen molar-refractivity contribution in [1.82, 2.24) is 15.5 Å². The normalized spacial score (nSPS) is 21.6. The summed E-state index contributed by atoms with van der Waals surface area (Å²) in [6, 6.07) is 1.17. The van der Waals surface area contributed by atoms with Crippen LogP contribution in [0.4, 0.5) is 0 Å². The molecule has 0 aromatic carbocycles. The van der Waals surface area contributed by atoms with Crippen LogP contribution in [0.5, 0.6) is 0 Å². The fourth-order valence-corrected chi connectivity index (χ4v) is 2.28. The highest BCUT2D eigenvalue weighted by atomic mass is 127. The summed E-state index contributed by atoms with van der Waals surface area (Å²) >= 11 is 0. The molecule has 0 radical (unpaired) electrons. The second-order valence-electron chi connectivity index (χ2n) is 5.18. The molecule has 0 saturated carbocycles. The molecule has 5 heteroatoms. The van der Waals surface area contributed by atoms with E-state index in [1.807, 2.05) is 7.05 Å². The first-order valence-electron chi connectivity index (χ1n) is 6.84. The lowest BCUT2D eigenvalue weighted by Crippen LogP contribution is -2.46. The van der Waals surface area contributed by atoms with Crippen LogP contribution in [-0.2, 0) is 0 Å². The van der Waals surface area contributed by atoms with Crippen LogP contribution in [0.25, 0.3) is 0 Å². The monoisotopic (exact) mass is 368 g/mol. The molecule has 1 aliphatic heterocycles. The summed E-state index contributed by atoms with van der Waals surface area (Å²) in [7, 11) is 1.82. The quantitative estimate of drug-likeness (QED) is 0.453. The van der Waals surface area contributed by atoms with Crippen molar-refractivity contribution in [1.29, 1.82) is 0 Å². The molecule has 1 fully saturated rings. The minimum absolute atomic E-state index is 0. The summed E-state index contributed by atoms with van der Waals surface area (Å²) in [5.74, 6) is 0.907. The lowest BCUT2D eigenvalue weighted by atomic mass is 10.0. The van der Waals surface area contributed by atoms with Crippen LogP contribution >= 0.6 is 24.0 Å². The van der Waals surface area contributed by atoms with Crippen molar-refractivity contribution in [2.45, 2.75) is 52.1 Å². The summed E-state index contributed by atoms with van der Waals surface area (Å²) < 4.78 is 0. The topological polar surface area (TPSA) is 39.7 Å². The van der Waals surface area contributed by atoms with Gasteiger partial charge >= 0.3 is 0 Å². The van der Waals surface area contributed by atoms with Gasteiger partial charge in [0.05, 0.1) is 0 Å². The van der Waals surface area contributed by atoms with Crippen LogP contribution in [0, 0.1) is 0 Å². The molecular weight excluding hydrogens is 339 g/mol. The van der Waals surface area contributed by atoms with Gasteiger partial charge < -0.3 is 10.6 Å². The number of hydrogen-bond donors (Lipinski definition) is 2. The predicted molar refractivity (Wildman–Crippen MR) is 89.9 cm³/mol. The highest BCUT2D eigenvalue weighted by Gasteiger charge is 2.17. The summed E-state index contributed by atoms with van der Waals surface area (Å²) in [5, 5.41) is 6.66.